The number of nitrogens with zero attached hydrogens (tertiary/aromatic N) is 2. The average Bonchev–Trinajstić information content (AvgIpc) is 2.87. The van der Waals surface area contributed by atoms with Gasteiger partial charge in [-0.1, -0.05) is 33.3 Å². The fraction of sp³-hybridized carbons (Fsp3) is 0.619. The maximum Gasteiger partial charge on any atom is 0.419 e. The maximum atomic E-state index is 12.6. The van der Waals surface area contributed by atoms with Crippen molar-refractivity contribution in [3.05, 3.63) is 34.3 Å². The van der Waals surface area contributed by atoms with Crippen molar-refractivity contribution in [2.45, 2.75) is 59.0 Å². The standard InChI is InChI=1S/C21H31N3O3/c1-5-6-18(24-12-10-21(2,3)14-19(24)25)22-11-9-15-7-8-16-17(13-15)27-20(26)23(16)4/h7-8,13,18,22H,5-6,9-12,14H2,1-4H3. The SMILES string of the molecule is CCCC(NCCc1ccc2c(c1)oc(=O)n2C)N1CCC(C)(C)CC1=O. The minimum atomic E-state index is -0.338. The Morgan fingerprint density at radius 1 is 1.30 bits per heavy atom. The molecule has 1 amide bonds. The molecule has 0 aliphatic carbocycles. The van der Waals surface area contributed by atoms with Crippen LogP contribution in [-0.2, 0) is 18.3 Å². The Balaban J connectivity index is 1.61. The second-order valence-corrected chi connectivity index (χ2v) is 8.42. The van der Waals surface area contributed by atoms with Gasteiger partial charge in [0.25, 0.3) is 0 Å². The number of amides is 1. The number of carbonyl (C=O) groups excluding carboxylic acids is 1. The lowest BCUT2D eigenvalue weighted by Gasteiger charge is -2.41. The highest BCUT2D eigenvalue weighted by molar-refractivity contribution is 5.78. The molecule has 1 saturated heterocycles. The van der Waals surface area contributed by atoms with Crippen LogP contribution >= 0.6 is 0 Å². The molecule has 1 N–H and O–H groups in total. The van der Waals surface area contributed by atoms with Gasteiger partial charge in [-0.15, -0.1) is 0 Å². The summed E-state index contributed by atoms with van der Waals surface area (Å²) in [5, 5.41) is 3.57. The predicted molar refractivity (Wildman–Crippen MR) is 107 cm³/mol. The number of rotatable bonds is 7. The number of fused-ring (bicyclic) bond motifs is 1. The quantitative estimate of drug-likeness (QED) is 0.810. The predicted octanol–water partition coefficient (Wildman–Crippen LogP) is 3.04. The molecule has 1 aromatic carbocycles. The summed E-state index contributed by atoms with van der Waals surface area (Å²) in [4.78, 5) is 26.2. The van der Waals surface area contributed by atoms with Gasteiger partial charge < -0.3 is 9.32 Å². The number of hydrogen-bond donors (Lipinski definition) is 1. The molecule has 27 heavy (non-hydrogen) atoms. The molecule has 3 rings (SSSR count). The third-order valence-corrected chi connectivity index (χ3v) is 5.57. The van der Waals surface area contributed by atoms with Crippen molar-refractivity contribution in [1.82, 2.24) is 14.8 Å². The van der Waals surface area contributed by atoms with E-state index >= 15 is 0 Å². The van der Waals surface area contributed by atoms with E-state index in [2.05, 4.69) is 26.1 Å². The van der Waals surface area contributed by atoms with E-state index in [0.717, 1.165) is 49.9 Å². The van der Waals surface area contributed by atoms with E-state index in [1.165, 1.54) is 4.57 Å². The van der Waals surface area contributed by atoms with E-state index in [1.54, 1.807) is 7.05 Å². The summed E-state index contributed by atoms with van der Waals surface area (Å²) < 4.78 is 6.78. The van der Waals surface area contributed by atoms with Gasteiger partial charge >= 0.3 is 5.76 Å². The van der Waals surface area contributed by atoms with E-state index < -0.39 is 0 Å². The molecule has 1 aromatic heterocycles. The number of nitrogens with one attached hydrogen (secondary N) is 1. The van der Waals surface area contributed by atoms with Gasteiger partial charge in [-0.2, -0.15) is 0 Å². The third kappa shape index (κ3) is 4.43. The minimum absolute atomic E-state index is 0.0944. The lowest BCUT2D eigenvalue weighted by atomic mass is 9.82. The van der Waals surface area contributed by atoms with Crippen molar-refractivity contribution in [2.75, 3.05) is 13.1 Å². The van der Waals surface area contributed by atoms with Crippen molar-refractivity contribution in [1.29, 1.82) is 0 Å². The van der Waals surface area contributed by atoms with E-state index in [-0.39, 0.29) is 23.2 Å². The first-order chi connectivity index (χ1) is 12.8. The van der Waals surface area contributed by atoms with Gasteiger partial charge in [-0.05, 0) is 42.4 Å². The van der Waals surface area contributed by atoms with Crippen LogP contribution in [-0.4, -0.2) is 34.6 Å². The van der Waals surface area contributed by atoms with Gasteiger partial charge in [-0.3, -0.25) is 14.7 Å². The Morgan fingerprint density at radius 2 is 2.07 bits per heavy atom. The molecule has 6 heteroatoms. The highest BCUT2D eigenvalue weighted by Crippen LogP contribution is 2.31. The molecular weight excluding hydrogens is 342 g/mol. The Kier molecular flexibility index (Phi) is 5.75. The number of likely N-dealkylation sites (tertiary alicyclic amines) is 1. The summed E-state index contributed by atoms with van der Waals surface area (Å²) in [6.45, 7) is 8.09. The number of carbonyl (C=O) groups is 1. The lowest BCUT2D eigenvalue weighted by molar-refractivity contribution is -0.140. The van der Waals surface area contributed by atoms with Crippen LogP contribution in [0.2, 0.25) is 0 Å². The number of piperidine rings is 1. The van der Waals surface area contributed by atoms with Crippen LogP contribution in [0.3, 0.4) is 0 Å². The number of aromatic nitrogens is 1. The molecule has 0 spiro atoms. The van der Waals surface area contributed by atoms with Crippen LogP contribution in [0.25, 0.3) is 11.1 Å². The summed E-state index contributed by atoms with van der Waals surface area (Å²) in [6.07, 6.45) is 4.58. The van der Waals surface area contributed by atoms with Crippen LogP contribution in [0.1, 0.15) is 52.0 Å². The van der Waals surface area contributed by atoms with Crippen molar-refractivity contribution >= 4 is 17.0 Å². The van der Waals surface area contributed by atoms with Crippen LogP contribution in [0, 0.1) is 5.41 Å². The largest absolute Gasteiger partial charge is 0.419 e. The highest BCUT2D eigenvalue weighted by atomic mass is 16.4. The smallest absolute Gasteiger partial charge is 0.408 e. The zero-order chi connectivity index (χ0) is 19.6. The molecule has 0 radical (unpaired) electrons. The first-order valence-electron chi connectivity index (χ1n) is 9.92. The van der Waals surface area contributed by atoms with Gasteiger partial charge in [-0.25, -0.2) is 4.79 Å². The number of aryl methyl sites for hydroxylation is 1. The zero-order valence-electron chi connectivity index (χ0n) is 16.9. The topological polar surface area (TPSA) is 67.5 Å². The fourth-order valence-electron chi connectivity index (χ4n) is 3.84. The first-order valence-corrected chi connectivity index (χ1v) is 9.92. The molecule has 0 bridgehead atoms. The molecular formula is C21H31N3O3. The Morgan fingerprint density at radius 3 is 2.78 bits per heavy atom. The number of oxazole rings is 1. The molecule has 6 nitrogen and oxygen atoms in total. The van der Waals surface area contributed by atoms with Crippen LogP contribution in [0.4, 0.5) is 0 Å². The maximum absolute atomic E-state index is 12.6. The summed E-state index contributed by atoms with van der Waals surface area (Å²) >= 11 is 0. The fourth-order valence-corrected chi connectivity index (χ4v) is 3.84. The van der Waals surface area contributed by atoms with Crippen LogP contribution < -0.4 is 11.1 Å². The van der Waals surface area contributed by atoms with Gasteiger partial charge in [0.15, 0.2) is 5.58 Å². The van der Waals surface area contributed by atoms with E-state index in [9.17, 15) is 9.59 Å². The second kappa shape index (κ2) is 7.89. The van der Waals surface area contributed by atoms with E-state index in [4.69, 9.17) is 4.42 Å². The van der Waals surface area contributed by atoms with Crippen LogP contribution in [0.15, 0.2) is 27.4 Å². The van der Waals surface area contributed by atoms with Crippen molar-refractivity contribution in [2.24, 2.45) is 12.5 Å². The second-order valence-electron chi connectivity index (χ2n) is 8.42. The Labute approximate surface area is 160 Å². The summed E-state index contributed by atoms with van der Waals surface area (Å²) in [6, 6.07) is 5.89. The molecule has 0 saturated carbocycles. The number of benzene rings is 1. The first kappa shape index (κ1) is 19.7. The molecule has 1 aliphatic heterocycles. The van der Waals surface area contributed by atoms with Gasteiger partial charge in [0.2, 0.25) is 5.91 Å². The molecule has 2 aromatic rings. The van der Waals surface area contributed by atoms with Crippen molar-refractivity contribution < 1.29 is 9.21 Å². The molecule has 1 aliphatic rings. The van der Waals surface area contributed by atoms with E-state index in [1.807, 2.05) is 23.1 Å². The zero-order valence-corrected chi connectivity index (χ0v) is 16.9. The Bertz CT molecular complexity index is 865. The normalized spacial score (nSPS) is 18.2. The third-order valence-electron chi connectivity index (χ3n) is 5.57. The number of hydrogen-bond acceptors (Lipinski definition) is 4. The van der Waals surface area contributed by atoms with Crippen LogP contribution in [0.5, 0.6) is 0 Å². The summed E-state index contributed by atoms with van der Waals surface area (Å²) in [5.41, 5.74) is 2.66. The highest BCUT2D eigenvalue weighted by Gasteiger charge is 2.34. The summed E-state index contributed by atoms with van der Waals surface area (Å²) in [7, 11) is 1.71. The van der Waals surface area contributed by atoms with Crippen molar-refractivity contribution in [3.8, 4) is 0 Å². The Hall–Kier alpha value is -2.08. The minimum Gasteiger partial charge on any atom is -0.408 e. The monoisotopic (exact) mass is 373 g/mol. The molecule has 1 atom stereocenters. The summed E-state index contributed by atoms with van der Waals surface area (Å²) in [5.74, 6) is -0.0838. The molecule has 1 unspecified atom stereocenters. The molecule has 2 heterocycles. The molecule has 1 fully saturated rings. The van der Waals surface area contributed by atoms with E-state index in [0.29, 0.717) is 12.0 Å². The van der Waals surface area contributed by atoms with Gasteiger partial charge in [0.05, 0.1) is 11.7 Å². The van der Waals surface area contributed by atoms with Gasteiger partial charge in [0, 0.05) is 26.6 Å². The lowest BCUT2D eigenvalue weighted by Crippen LogP contribution is -2.53. The van der Waals surface area contributed by atoms with Gasteiger partial charge in [0.1, 0.15) is 0 Å². The van der Waals surface area contributed by atoms with Crippen molar-refractivity contribution in [3.63, 3.8) is 0 Å². The molecule has 148 valence electrons. The average molecular weight is 373 g/mol.